The van der Waals surface area contributed by atoms with E-state index in [1.165, 1.54) is 0 Å². The summed E-state index contributed by atoms with van der Waals surface area (Å²) in [7, 11) is -3.57. The van der Waals surface area contributed by atoms with Gasteiger partial charge in [-0.2, -0.15) is 0 Å². The third-order valence-corrected chi connectivity index (χ3v) is 6.20. The van der Waals surface area contributed by atoms with Crippen molar-refractivity contribution in [1.29, 1.82) is 0 Å². The van der Waals surface area contributed by atoms with Gasteiger partial charge in [0, 0.05) is 18.2 Å². The Kier molecular flexibility index (Phi) is 6.36. The minimum absolute atomic E-state index is 0.0888. The second-order valence-electron chi connectivity index (χ2n) is 5.42. The molecule has 8 heteroatoms. The second kappa shape index (κ2) is 8.27. The predicted octanol–water partition coefficient (Wildman–Crippen LogP) is 2.86. The molecule has 0 aliphatic carbocycles. The average molecular weight is 368 g/mol. The average Bonchev–Trinajstić information content (AvgIpc) is 3.00. The summed E-state index contributed by atoms with van der Waals surface area (Å²) in [4.78, 5) is 11.8. The van der Waals surface area contributed by atoms with Crippen LogP contribution in [0.4, 0.5) is 4.79 Å². The minimum atomic E-state index is -3.57. The van der Waals surface area contributed by atoms with E-state index in [0.29, 0.717) is 5.56 Å². The molecule has 2 rings (SSSR count). The van der Waals surface area contributed by atoms with Crippen LogP contribution in [0.1, 0.15) is 25.0 Å². The number of rotatable bonds is 7. The Balaban J connectivity index is 1.91. The van der Waals surface area contributed by atoms with Gasteiger partial charge in [-0.15, -0.1) is 11.3 Å². The van der Waals surface area contributed by atoms with Crippen LogP contribution < -0.4 is 10.0 Å². The van der Waals surface area contributed by atoms with E-state index < -0.39 is 16.1 Å². The summed E-state index contributed by atoms with van der Waals surface area (Å²) in [5.41, 5.74) is 1.41. The maximum atomic E-state index is 12.2. The first-order chi connectivity index (χ1) is 11.4. The molecule has 0 unspecified atom stereocenters. The molecule has 0 aliphatic rings. The van der Waals surface area contributed by atoms with Crippen LogP contribution in [0, 0.1) is 0 Å². The fourth-order valence-corrected chi connectivity index (χ4v) is 4.67. The zero-order valence-corrected chi connectivity index (χ0v) is 15.1. The quantitative estimate of drug-likeness (QED) is 0.787. The summed E-state index contributed by atoms with van der Waals surface area (Å²) in [6, 6.07) is 10.8. The van der Waals surface area contributed by atoms with Gasteiger partial charge < -0.3 is 10.1 Å². The summed E-state index contributed by atoms with van der Waals surface area (Å²) in [5.74, 6) is 0. The van der Waals surface area contributed by atoms with Crippen LogP contribution in [0.25, 0.3) is 0 Å². The van der Waals surface area contributed by atoms with Gasteiger partial charge >= 0.3 is 6.09 Å². The van der Waals surface area contributed by atoms with Crippen molar-refractivity contribution in [3.8, 4) is 0 Å². The highest BCUT2D eigenvalue weighted by Gasteiger charge is 2.21. The zero-order chi connectivity index (χ0) is 17.6. The maximum Gasteiger partial charge on any atom is 0.407 e. The van der Waals surface area contributed by atoms with Crippen LogP contribution >= 0.6 is 11.3 Å². The molecule has 0 spiro atoms. The Morgan fingerprint density at radius 2 is 1.92 bits per heavy atom. The fraction of sp³-hybridized carbons (Fsp3) is 0.312. The van der Waals surface area contributed by atoms with Gasteiger partial charge in [-0.05, 0) is 30.9 Å². The smallest absolute Gasteiger partial charge is 0.407 e. The Morgan fingerprint density at radius 3 is 2.58 bits per heavy atom. The van der Waals surface area contributed by atoms with E-state index in [1.54, 1.807) is 25.3 Å². The van der Waals surface area contributed by atoms with Gasteiger partial charge in [-0.3, -0.25) is 0 Å². The minimum Gasteiger partial charge on any atom is -0.445 e. The number of benzene rings is 1. The van der Waals surface area contributed by atoms with Gasteiger partial charge in [0.15, 0.2) is 0 Å². The molecule has 0 aliphatic heterocycles. The van der Waals surface area contributed by atoms with Crippen molar-refractivity contribution < 1.29 is 17.9 Å². The van der Waals surface area contributed by atoms with Gasteiger partial charge in [-0.1, -0.05) is 30.3 Å². The SMILES string of the molecule is CC(C)NS(=O)(=O)c1sccc1CNC(=O)OCc1ccccc1. The molecule has 24 heavy (non-hydrogen) atoms. The summed E-state index contributed by atoms with van der Waals surface area (Å²) >= 11 is 1.12. The topological polar surface area (TPSA) is 84.5 Å². The zero-order valence-electron chi connectivity index (χ0n) is 13.5. The molecule has 6 nitrogen and oxygen atoms in total. The van der Waals surface area contributed by atoms with E-state index in [9.17, 15) is 13.2 Å². The number of alkyl carbamates (subject to hydrolysis) is 1. The lowest BCUT2D eigenvalue weighted by molar-refractivity contribution is 0.139. The van der Waals surface area contributed by atoms with Crippen LogP contribution in [-0.4, -0.2) is 20.6 Å². The number of hydrogen-bond acceptors (Lipinski definition) is 5. The van der Waals surface area contributed by atoms with Gasteiger partial charge in [0.2, 0.25) is 0 Å². The molecule has 0 bridgehead atoms. The summed E-state index contributed by atoms with van der Waals surface area (Å²) < 4.78 is 32.3. The molecule has 0 radical (unpaired) electrons. The third-order valence-electron chi connectivity index (χ3n) is 2.98. The van der Waals surface area contributed by atoms with E-state index in [-0.39, 0.29) is 23.4 Å². The largest absolute Gasteiger partial charge is 0.445 e. The molecule has 1 aromatic heterocycles. The molecule has 2 N–H and O–H groups in total. The van der Waals surface area contributed by atoms with E-state index in [2.05, 4.69) is 10.0 Å². The van der Waals surface area contributed by atoms with Gasteiger partial charge in [-0.25, -0.2) is 17.9 Å². The highest BCUT2D eigenvalue weighted by atomic mass is 32.2. The Hall–Kier alpha value is -1.90. The van der Waals surface area contributed by atoms with Crippen LogP contribution in [0.5, 0.6) is 0 Å². The molecular weight excluding hydrogens is 348 g/mol. The number of thiophene rings is 1. The van der Waals surface area contributed by atoms with Crippen molar-refractivity contribution in [2.75, 3.05) is 0 Å². The number of amides is 1. The Bertz CT molecular complexity index is 770. The van der Waals surface area contributed by atoms with Crippen molar-refractivity contribution in [1.82, 2.24) is 10.0 Å². The summed E-state index contributed by atoms with van der Waals surface area (Å²) in [5, 5.41) is 4.26. The number of hydrogen-bond donors (Lipinski definition) is 2. The fourth-order valence-electron chi connectivity index (χ4n) is 1.99. The first-order valence-corrected chi connectivity index (χ1v) is 9.78. The monoisotopic (exact) mass is 368 g/mol. The van der Waals surface area contributed by atoms with Crippen LogP contribution in [0.2, 0.25) is 0 Å². The number of nitrogens with one attached hydrogen (secondary N) is 2. The van der Waals surface area contributed by atoms with Gasteiger partial charge in [0.1, 0.15) is 10.8 Å². The number of ether oxygens (including phenoxy) is 1. The van der Waals surface area contributed by atoms with Crippen LogP contribution in [-0.2, 0) is 27.9 Å². The lowest BCUT2D eigenvalue weighted by Crippen LogP contribution is -2.31. The van der Waals surface area contributed by atoms with E-state index in [0.717, 1.165) is 16.9 Å². The van der Waals surface area contributed by atoms with E-state index in [1.807, 2.05) is 30.3 Å². The first kappa shape index (κ1) is 18.4. The Labute approximate surface area is 145 Å². The standard InChI is InChI=1S/C16H20N2O4S2/c1-12(2)18-24(20,21)15-14(8-9-23-15)10-17-16(19)22-11-13-6-4-3-5-7-13/h3-9,12,18H,10-11H2,1-2H3,(H,17,19). The van der Waals surface area contributed by atoms with Gasteiger partial charge in [0.05, 0.1) is 0 Å². The first-order valence-electron chi connectivity index (χ1n) is 7.42. The molecule has 0 saturated heterocycles. The lowest BCUT2D eigenvalue weighted by atomic mass is 10.2. The van der Waals surface area contributed by atoms with Gasteiger partial charge in [0.25, 0.3) is 10.0 Å². The van der Waals surface area contributed by atoms with Crippen molar-refractivity contribution in [2.24, 2.45) is 0 Å². The highest BCUT2D eigenvalue weighted by molar-refractivity contribution is 7.91. The van der Waals surface area contributed by atoms with Crippen molar-refractivity contribution in [3.63, 3.8) is 0 Å². The summed E-state index contributed by atoms with van der Waals surface area (Å²) in [6.45, 7) is 3.76. The molecule has 0 atom stereocenters. The molecular formula is C16H20N2O4S2. The number of carbonyl (C=O) groups excluding carboxylic acids is 1. The number of carbonyl (C=O) groups is 1. The molecule has 2 aromatic rings. The van der Waals surface area contributed by atoms with Crippen LogP contribution in [0.3, 0.4) is 0 Å². The number of sulfonamides is 1. The van der Waals surface area contributed by atoms with E-state index >= 15 is 0 Å². The molecule has 130 valence electrons. The third kappa shape index (κ3) is 5.33. The second-order valence-corrected chi connectivity index (χ2v) is 8.25. The van der Waals surface area contributed by atoms with Crippen molar-refractivity contribution in [2.45, 2.75) is 37.3 Å². The molecule has 0 fully saturated rings. The lowest BCUT2D eigenvalue weighted by Gasteiger charge is -2.11. The summed E-state index contributed by atoms with van der Waals surface area (Å²) in [6.07, 6.45) is -0.592. The normalized spacial score (nSPS) is 11.5. The molecule has 0 saturated carbocycles. The van der Waals surface area contributed by atoms with E-state index in [4.69, 9.17) is 4.74 Å². The van der Waals surface area contributed by atoms with Crippen molar-refractivity contribution >= 4 is 27.5 Å². The van der Waals surface area contributed by atoms with Crippen molar-refractivity contribution in [3.05, 3.63) is 52.9 Å². The Morgan fingerprint density at radius 1 is 1.21 bits per heavy atom. The van der Waals surface area contributed by atoms with Crippen LogP contribution in [0.15, 0.2) is 46.0 Å². The highest BCUT2D eigenvalue weighted by Crippen LogP contribution is 2.22. The predicted molar refractivity (Wildman–Crippen MR) is 93.2 cm³/mol. The molecule has 1 amide bonds. The maximum absolute atomic E-state index is 12.2. The molecule has 1 heterocycles. The molecule has 1 aromatic carbocycles.